The molecule has 5 rings (SSSR count). The molecule has 1 aromatic rings. The minimum Gasteiger partial charge on any atom is -0.479 e. The van der Waals surface area contributed by atoms with E-state index in [1.165, 1.54) is 12.1 Å². The number of halogens is 2. The van der Waals surface area contributed by atoms with Gasteiger partial charge in [0.15, 0.2) is 6.04 Å². The van der Waals surface area contributed by atoms with Crippen molar-refractivity contribution in [1.29, 1.82) is 0 Å². The second-order valence-electron chi connectivity index (χ2n) is 15.5. The van der Waals surface area contributed by atoms with Crippen molar-refractivity contribution in [2.24, 2.45) is 29.6 Å². The Balaban J connectivity index is 1.26. The van der Waals surface area contributed by atoms with Crippen molar-refractivity contribution >= 4 is 41.5 Å². The highest BCUT2D eigenvalue weighted by Crippen LogP contribution is 2.62. The van der Waals surface area contributed by atoms with Gasteiger partial charge >= 0.3 is 12.1 Å². The Morgan fingerprint density at radius 1 is 1.04 bits per heavy atom. The number of aliphatic carboxylic acids is 1. The Morgan fingerprint density at radius 3 is 2.31 bits per heavy atom. The molecule has 300 valence electrons. The summed E-state index contributed by atoms with van der Waals surface area (Å²) in [6.07, 6.45) is 5.76. The van der Waals surface area contributed by atoms with Crippen molar-refractivity contribution in [2.75, 3.05) is 19.7 Å². The molecule has 3 saturated carbocycles. The first-order chi connectivity index (χ1) is 26.1. The van der Waals surface area contributed by atoms with Crippen LogP contribution in [0, 0.1) is 29.6 Å². The van der Waals surface area contributed by atoms with E-state index in [1.54, 1.807) is 31.2 Å². The number of benzene rings is 1. The highest BCUT2D eigenvalue weighted by molar-refractivity contribution is 6.38. The largest absolute Gasteiger partial charge is 0.479 e. The number of carboxylic acid groups (broad SMARTS) is 1. The summed E-state index contributed by atoms with van der Waals surface area (Å²) in [7, 11) is 0. The molecule has 1 saturated heterocycles. The van der Waals surface area contributed by atoms with E-state index in [0.29, 0.717) is 11.8 Å². The number of allylic oxidation sites excluding steroid dienone is 1. The predicted molar refractivity (Wildman–Crippen MR) is 193 cm³/mol. The van der Waals surface area contributed by atoms with E-state index in [2.05, 4.69) is 28.2 Å². The van der Waals surface area contributed by atoms with Crippen LogP contribution in [0.15, 0.2) is 42.1 Å². The molecule has 0 bridgehead atoms. The van der Waals surface area contributed by atoms with Crippen molar-refractivity contribution in [3.63, 3.8) is 0 Å². The van der Waals surface area contributed by atoms with Gasteiger partial charge in [-0.15, -0.1) is 0 Å². The molecule has 1 heterocycles. The number of carbonyl (C=O) groups excluding carboxylic acids is 6. The van der Waals surface area contributed by atoms with Crippen molar-refractivity contribution in [3.05, 3.63) is 47.7 Å². The fraction of sp³-hybridized carbons (Fsp3) is 0.615. The summed E-state index contributed by atoms with van der Waals surface area (Å²) in [5.41, 5.74) is -2.02. The maximum Gasteiger partial charge on any atom is 0.411 e. The number of hydrogen-bond acceptors (Lipinski definition) is 8. The topological polar surface area (TPSA) is 200 Å². The van der Waals surface area contributed by atoms with E-state index in [0.717, 1.165) is 43.4 Å². The zero-order chi connectivity index (χ0) is 40.1. The molecule has 14 nitrogen and oxygen atoms in total. The molecule has 7 atom stereocenters. The molecule has 0 radical (unpaired) electrons. The third-order valence-electron chi connectivity index (χ3n) is 11.3. The smallest absolute Gasteiger partial charge is 0.411 e. The number of hydrogen-bond donors (Lipinski definition) is 5. The molecule has 4 aliphatic rings. The third-order valence-corrected chi connectivity index (χ3v) is 11.3. The Bertz CT molecular complexity index is 1680. The molecule has 6 unspecified atom stereocenters. The molecule has 16 heteroatoms. The van der Waals surface area contributed by atoms with Crippen LogP contribution in [0.1, 0.15) is 90.2 Å². The average molecular weight is 772 g/mol. The molecule has 0 spiro atoms. The molecule has 4 fully saturated rings. The van der Waals surface area contributed by atoms with Crippen LogP contribution in [0.25, 0.3) is 0 Å². The number of ketones is 1. The van der Waals surface area contributed by atoms with E-state index >= 15 is 8.78 Å². The number of alkyl carbamates (subject to hydrolysis) is 1. The number of piperidine rings is 1. The molecule has 1 aromatic carbocycles. The number of Topliss-reactive ketones (excluding diaryl/α,β-unsaturated/α-hetero) is 1. The Hall–Kier alpha value is -4.89. The van der Waals surface area contributed by atoms with Crippen LogP contribution in [0.5, 0.6) is 0 Å². The van der Waals surface area contributed by atoms with Crippen LogP contribution >= 0.6 is 0 Å². The number of nitrogens with zero attached hydrogens (tertiary/aromatic N) is 1. The lowest BCUT2D eigenvalue weighted by Gasteiger charge is -2.30. The standard InChI is InChI=1S/C39H51F2N5O9/c1-4-11-27(32(48)33(49)42-19-30(47)45-31(35(51)52)25-14-9-6-10-15-25)43-36(53)38-18-29(38)39(40,41)21-46(38)34(50)28(17-24-12-7-5-8-13-24)44-37(54)55-20-23(3)26-16-22(26)2/h6,9-10,14-15,17,22-24,26-27,29,31H,4-5,7-8,11-13,16,18-21H2,1-3H3,(H,42,49)(H,43,53)(H,44,54)(H,45,47)(H,51,52)/b28-17-/t22-,23?,26?,27?,29?,31?,38?/m1/s1. The third kappa shape index (κ3) is 9.68. The number of carbonyl (C=O) groups is 7. The summed E-state index contributed by atoms with van der Waals surface area (Å²) < 4.78 is 36.2. The Kier molecular flexibility index (Phi) is 13.0. The summed E-state index contributed by atoms with van der Waals surface area (Å²) >= 11 is 0. The van der Waals surface area contributed by atoms with Gasteiger partial charge in [0.05, 0.1) is 31.7 Å². The van der Waals surface area contributed by atoms with Crippen LogP contribution in [0.3, 0.4) is 0 Å². The number of nitrogens with one attached hydrogen (secondary N) is 4. The lowest BCUT2D eigenvalue weighted by Crippen LogP contribution is -2.57. The second kappa shape index (κ2) is 17.3. The van der Waals surface area contributed by atoms with E-state index in [4.69, 9.17) is 4.74 Å². The zero-order valence-electron chi connectivity index (χ0n) is 31.4. The average Bonchev–Trinajstić information content (AvgIpc) is 4.08. The minimum atomic E-state index is -3.46. The van der Waals surface area contributed by atoms with Crippen molar-refractivity contribution < 1.29 is 52.2 Å². The fourth-order valence-electron chi connectivity index (χ4n) is 8.00. The Labute approximate surface area is 318 Å². The quantitative estimate of drug-likeness (QED) is 0.116. The highest BCUT2D eigenvalue weighted by Gasteiger charge is 2.79. The van der Waals surface area contributed by atoms with Crippen LogP contribution in [-0.4, -0.2) is 88.7 Å². The molecule has 55 heavy (non-hydrogen) atoms. The number of ether oxygens (including phenoxy) is 1. The maximum atomic E-state index is 15.4. The van der Waals surface area contributed by atoms with Gasteiger partial charge in [-0.2, -0.15) is 0 Å². The van der Waals surface area contributed by atoms with Gasteiger partial charge in [0, 0.05) is 0 Å². The predicted octanol–water partition coefficient (Wildman–Crippen LogP) is 3.62. The van der Waals surface area contributed by atoms with Crippen LogP contribution in [0.2, 0.25) is 0 Å². The molecule has 0 aromatic heterocycles. The van der Waals surface area contributed by atoms with Gasteiger partial charge in [-0.3, -0.25) is 29.3 Å². The van der Waals surface area contributed by atoms with Gasteiger partial charge in [0.1, 0.15) is 11.2 Å². The number of carboxylic acids is 1. The van der Waals surface area contributed by atoms with Crippen molar-refractivity contribution in [1.82, 2.24) is 26.2 Å². The van der Waals surface area contributed by atoms with Gasteiger partial charge in [-0.25, -0.2) is 18.4 Å². The molecule has 3 aliphatic carbocycles. The lowest BCUT2D eigenvalue weighted by molar-refractivity contribution is -0.143. The van der Waals surface area contributed by atoms with Gasteiger partial charge in [0.25, 0.3) is 17.7 Å². The first kappa shape index (κ1) is 41.3. The number of likely N-dealkylation sites (tertiary alicyclic amines) is 1. The van der Waals surface area contributed by atoms with E-state index in [-0.39, 0.29) is 42.5 Å². The molecular weight excluding hydrogens is 720 g/mol. The number of fused-ring (bicyclic) bond motifs is 1. The normalized spacial score (nSPS) is 25.7. The summed E-state index contributed by atoms with van der Waals surface area (Å²) in [4.78, 5) is 92.3. The molecular formula is C39H51F2N5O9. The number of amides is 5. The van der Waals surface area contributed by atoms with Gasteiger partial charge in [-0.1, -0.05) is 82.9 Å². The van der Waals surface area contributed by atoms with Gasteiger partial charge in [-0.05, 0) is 61.3 Å². The van der Waals surface area contributed by atoms with E-state index in [9.17, 15) is 38.7 Å². The van der Waals surface area contributed by atoms with Crippen molar-refractivity contribution in [3.8, 4) is 0 Å². The first-order valence-electron chi connectivity index (χ1n) is 19.1. The van der Waals surface area contributed by atoms with Gasteiger partial charge < -0.3 is 30.7 Å². The highest BCUT2D eigenvalue weighted by atomic mass is 19.3. The second-order valence-corrected chi connectivity index (χ2v) is 15.5. The number of alkyl halides is 2. The van der Waals surface area contributed by atoms with E-state index < -0.39 is 90.4 Å². The Morgan fingerprint density at radius 2 is 1.71 bits per heavy atom. The van der Waals surface area contributed by atoms with Crippen LogP contribution in [0.4, 0.5) is 13.6 Å². The number of rotatable bonds is 17. The summed E-state index contributed by atoms with van der Waals surface area (Å²) in [5, 5.41) is 18.9. The van der Waals surface area contributed by atoms with Crippen molar-refractivity contribution in [2.45, 2.75) is 102 Å². The monoisotopic (exact) mass is 771 g/mol. The summed E-state index contributed by atoms with van der Waals surface area (Å²) in [6, 6.07) is 4.92. The maximum absolute atomic E-state index is 15.4. The first-order valence-corrected chi connectivity index (χ1v) is 19.1. The van der Waals surface area contributed by atoms with Crippen LogP contribution < -0.4 is 21.3 Å². The molecule has 1 aliphatic heterocycles. The summed E-state index contributed by atoms with van der Waals surface area (Å²) in [5.74, 6) is -10.8. The molecule has 5 amide bonds. The van der Waals surface area contributed by atoms with Gasteiger partial charge in [0.2, 0.25) is 17.6 Å². The summed E-state index contributed by atoms with van der Waals surface area (Å²) in [6.45, 7) is 4.00. The molecule has 5 N–H and O–H groups in total. The lowest BCUT2D eigenvalue weighted by atomic mass is 9.88. The SMILES string of the molecule is CCCC(NC(=O)C12CC1C(F)(F)CN2C(=O)/C(=C/C1CCCCC1)NC(=O)OCC(C)C1C[C@H]1C)C(=O)C(=O)NCC(=O)NC(C(=O)O)c1ccccc1. The van der Waals surface area contributed by atoms with Crippen LogP contribution in [-0.2, 0) is 33.5 Å². The van der Waals surface area contributed by atoms with E-state index in [1.807, 2.05) is 6.92 Å². The zero-order valence-corrected chi connectivity index (χ0v) is 31.4. The fourth-order valence-corrected chi connectivity index (χ4v) is 8.00. The minimum absolute atomic E-state index is 0.0668.